The molecule has 4 nitrogen and oxygen atoms in total. The van der Waals surface area contributed by atoms with Crippen LogP contribution in [0.15, 0.2) is 59.8 Å². The first kappa shape index (κ1) is 14.7. The van der Waals surface area contributed by atoms with Crippen LogP contribution in [0.2, 0.25) is 0 Å². The summed E-state index contributed by atoms with van der Waals surface area (Å²) in [6.45, 7) is 0.619. The SMILES string of the molecule is CSc1ccccc1NC(=O)CCn1cnc2ccccc21. The van der Waals surface area contributed by atoms with E-state index in [1.165, 1.54) is 0 Å². The van der Waals surface area contributed by atoms with E-state index in [1.54, 1.807) is 18.1 Å². The second-order valence-corrected chi connectivity index (χ2v) is 5.77. The molecule has 0 atom stereocenters. The number of hydrogen-bond donors (Lipinski definition) is 1. The van der Waals surface area contributed by atoms with Gasteiger partial charge in [0.2, 0.25) is 5.91 Å². The third kappa shape index (κ3) is 3.14. The van der Waals surface area contributed by atoms with Gasteiger partial charge in [-0.15, -0.1) is 11.8 Å². The number of rotatable bonds is 5. The number of nitrogens with one attached hydrogen (secondary N) is 1. The Labute approximate surface area is 133 Å². The van der Waals surface area contributed by atoms with Crippen LogP contribution in [0, 0.1) is 0 Å². The molecule has 112 valence electrons. The molecular formula is C17H17N3OS. The number of anilines is 1. The molecule has 1 aromatic heterocycles. The summed E-state index contributed by atoms with van der Waals surface area (Å²) in [5, 5.41) is 2.98. The lowest BCUT2D eigenvalue weighted by Gasteiger charge is -2.09. The van der Waals surface area contributed by atoms with Crippen LogP contribution in [0.25, 0.3) is 11.0 Å². The fraction of sp³-hybridized carbons (Fsp3) is 0.176. The lowest BCUT2D eigenvalue weighted by atomic mass is 10.3. The van der Waals surface area contributed by atoms with Gasteiger partial charge in [-0.2, -0.15) is 0 Å². The minimum atomic E-state index is 0.0132. The van der Waals surface area contributed by atoms with Crippen LogP contribution in [0.3, 0.4) is 0 Å². The van der Waals surface area contributed by atoms with Crippen LogP contribution in [-0.4, -0.2) is 21.7 Å². The Balaban J connectivity index is 1.65. The van der Waals surface area contributed by atoms with Crippen molar-refractivity contribution in [3.05, 3.63) is 54.9 Å². The number of imidazole rings is 1. The van der Waals surface area contributed by atoms with Gasteiger partial charge < -0.3 is 9.88 Å². The molecule has 0 saturated carbocycles. The number of amides is 1. The molecule has 0 aliphatic carbocycles. The molecule has 1 N–H and O–H groups in total. The van der Waals surface area contributed by atoms with Gasteiger partial charge in [-0.1, -0.05) is 24.3 Å². The van der Waals surface area contributed by atoms with E-state index in [2.05, 4.69) is 10.3 Å². The molecule has 0 saturated heterocycles. The lowest BCUT2D eigenvalue weighted by Crippen LogP contribution is -2.14. The monoisotopic (exact) mass is 311 g/mol. The average Bonchev–Trinajstić information content (AvgIpc) is 2.97. The van der Waals surface area contributed by atoms with Crippen molar-refractivity contribution in [2.75, 3.05) is 11.6 Å². The fourth-order valence-electron chi connectivity index (χ4n) is 2.37. The minimum Gasteiger partial charge on any atom is -0.330 e. The average molecular weight is 311 g/mol. The van der Waals surface area contributed by atoms with Gasteiger partial charge in [0.25, 0.3) is 0 Å². The number of fused-ring (bicyclic) bond motifs is 1. The topological polar surface area (TPSA) is 46.9 Å². The zero-order valence-electron chi connectivity index (χ0n) is 12.3. The molecule has 0 aliphatic heterocycles. The third-order valence-corrected chi connectivity index (χ3v) is 4.28. The van der Waals surface area contributed by atoms with E-state index in [-0.39, 0.29) is 5.91 Å². The van der Waals surface area contributed by atoms with Crippen molar-refractivity contribution in [3.8, 4) is 0 Å². The normalized spacial score (nSPS) is 10.8. The second kappa shape index (κ2) is 6.66. The number of thioether (sulfide) groups is 1. The summed E-state index contributed by atoms with van der Waals surface area (Å²) in [6, 6.07) is 15.8. The number of aryl methyl sites for hydroxylation is 1. The van der Waals surface area contributed by atoms with Gasteiger partial charge in [-0.25, -0.2) is 4.98 Å². The lowest BCUT2D eigenvalue weighted by molar-refractivity contribution is -0.116. The Morgan fingerprint density at radius 2 is 1.95 bits per heavy atom. The molecule has 0 bridgehead atoms. The molecule has 3 aromatic rings. The summed E-state index contributed by atoms with van der Waals surface area (Å²) >= 11 is 1.63. The van der Waals surface area contributed by atoms with Crippen molar-refractivity contribution in [2.45, 2.75) is 17.9 Å². The molecule has 0 radical (unpaired) electrons. The zero-order valence-corrected chi connectivity index (χ0v) is 13.1. The Bertz CT molecular complexity index is 797. The van der Waals surface area contributed by atoms with Gasteiger partial charge in [0.1, 0.15) is 0 Å². The van der Waals surface area contributed by atoms with E-state index in [1.807, 2.05) is 59.4 Å². The number of carbonyl (C=O) groups excluding carboxylic acids is 1. The van der Waals surface area contributed by atoms with E-state index in [0.717, 1.165) is 21.6 Å². The van der Waals surface area contributed by atoms with Crippen molar-refractivity contribution in [2.24, 2.45) is 0 Å². The standard InChI is InChI=1S/C17H17N3OS/c1-22-16-9-5-3-7-14(16)19-17(21)10-11-20-12-18-13-6-2-4-8-15(13)20/h2-9,12H,10-11H2,1H3,(H,19,21). The highest BCUT2D eigenvalue weighted by molar-refractivity contribution is 7.98. The first-order valence-electron chi connectivity index (χ1n) is 7.10. The molecule has 1 amide bonds. The number of hydrogen-bond acceptors (Lipinski definition) is 3. The molecule has 0 spiro atoms. The van der Waals surface area contributed by atoms with Crippen LogP contribution in [-0.2, 0) is 11.3 Å². The van der Waals surface area contributed by atoms with Crippen molar-refractivity contribution < 1.29 is 4.79 Å². The first-order valence-corrected chi connectivity index (χ1v) is 8.33. The predicted octanol–water partition coefficient (Wildman–Crippen LogP) is 3.79. The molecule has 0 aliphatic rings. The zero-order chi connectivity index (χ0) is 15.4. The predicted molar refractivity (Wildman–Crippen MR) is 91.2 cm³/mol. The number of aromatic nitrogens is 2. The number of carbonyl (C=O) groups is 1. The number of benzene rings is 2. The van der Waals surface area contributed by atoms with E-state index >= 15 is 0 Å². The van der Waals surface area contributed by atoms with Crippen molar-refractivity contribution in [1.29, 1.82) is 0 Å². The van der Waals surface area contributed by atoms with E-state index < -0.39 is 0 Å². The second-order valence-electron chi connectivity index (χ2n) is 4.93. The smallest absolute Gasteiger partial charge is 0.226 e. The molecular weight excluding hydrogens is 294 g/mol. The van der Waals surface area contributed by atoms with Crippen LogP contribution in [0.4, 0.5) is 5.69 Å². The van der Waals surface area contributed by atoms with E-state index in [4.69, 9.17) is 0 Å². The summed E-state index contributed by atoms with van der Waals surface area (Å²) in [5.41, 5.74) is 2.88. The van der Waals surface area contributed by atoms with Crippen LogP contribution in [0.1, 0.15) is 6.42 Å². The Hall–Kier alpha value is -2.27. The summed E-state index contributed by atoms with van der Waals surface area (Å²) in [6.07, 6.45) is 4.21. The highest BCUT2D eigenvalue weighted by Gasteiger charge is 2.07. The van der Waals surface area contributed by atoms with Gasteiger partial charge >= 0.3 is 0 Å². The van der Waals surface area contributed by atoms with Gasteiger partial charge in [0.15, 0.2) is 0 Å². The molecule has 3 rings (SSSR count). The molecule has 0 fully saturated rings. The Morgan fingerprint density at radius 1 is 1.18 bits per heavy atom. The van der Waals surface area contributed by atoms with Gasteiger partial charge in [0, 0.05) is 17.9 Å². The maximum absolute atomic E-state index is 12.2. The maximum atomic E-state index is 12.2. The highest BCUT2D eigenvalue weighted by atomic mass is 32.2. The summed E-state index contributed by atoms with van der Waals surface area (Å²) < 4.78 is 2.01. The number of para-hydroxylation sites is 3. The fourth-order valence-corrected chi connectivity index (χ4v) is 2.92. The van der Waals surface area contributed by atoms with Crippen molar-refractivity contribution in [3.63, 3.8) is 0 Å². The molecule has 0 unspecified atom stereocenters. The Morgan fingerprint density at radius 3 is 2.82 bits per heavy atom. The third-order valence-electron chi connectivity index (χ3n) is 3.49. The van der Waals surface area contributed by atoms with E-state index in [0.29, 0.717) is 13.0 Å². The molecule has 1 heterocycles. The quantitative estimate of drug-likeness (QED) is 0.729. The van der Waals surface area contributed by atoms with E-state index in [9.17, 15) is 4.79 Å². The van der Waals surface area contributed by atoms with Gasteiger partial charge in [-0.3, -0.25) is 4.79 Å². The van der Waals surface area contributed by atoms with Crippen molar-refractivity contribution >= 4 is 34.4 Å². The van der Waals surface area contributed by atoms with Crippen LogP contribution >= 0.6 is 11.8 Å². The first-order chi connectivity index (χ1) is 10.8. The Kier molecular flexibility index (Phi) is 4.44. The summed E-state index contributed by atoms with van der Waals surface area (Å²) in [7, 11) is 0. The molecule has 22 heavy (non-hydrogen) atoms. The largest absolute Gasteiger partial charge is 0.330 e. The van der Waals surface area contributed by atoms with Crippen molar-refractivity contribution in [1.82, 2.24) is 9.55 Å². The van der Waals surface area contributed by atoms with Crippen LogP contribution in [0.5, 0.6) is 0 Å². The number of nitrogens with zero attached hydrogens (tertiary/aromatic N) is 2. The van der Waals surface area contributed by atoms with Gasteiger partial charge in [-0.05, 0) is 30.5 Å². The van der Waals surface area contributed by atoms with Crippen LogP contribution < -0.4 is 5.32 Å². The summed E-state index contributed by atoms with van der Waals surface area (Å²) in [4.78, 5) is 17.6. The summed E-state index contributed by atoms with van der Waals surface area (Å²) in [5.74, 6) is 0.0132. The molecule has 2 aromatic carbocycles. The maximum Gasteiger partial charge on any atom is 0.226 e. The van der Waals surface area contributed by atoms with Gasteiger partial charge in [0.05, 0.1) is 23.0 Å². The minimum absolute atomic E-state index is 0.0132. The highest BCUT2D eigenvalue weighted by Crippen LogP contribution is 2.24. The molecule has 5 heteroatoms.